The maximum Gasteiger partial charge on any atom is 0.253 e. The Labute approximate surface area is 154 Å². The van der Waals surface area contributed by atoms with E-state index in [1.807, 2.05) is 29.2 Å². The predicted octanol–water partition coefficient (Wildman–Crippen LogP) is 3.72. The number of likely N-dealkylation sites (tertiary alicyclic amines) is 1. The van der Waals surface area contributed by atoms with Gasteiger partial charge < -0.3 is 14.4 Å². The quantitative estimate of drug-likeness (QED) is 0.722. The minimum absolute atomic E-state index is 0.134. The molecule has 1 saturated heterocycles. The summed E-state index contributed by atoms with van der Waals surface area (Å²) in [6.45, 7) is 3.77. The van der Waals surface area contributed by atoms with E-state index in [-0.39, 0.29) is 5.91 Å². The van der Waals surface area contributed by atoms with Gasteiger partial charge in [-0.05, 0) is 63.8 Å². The number of hydrogen-bond donors (Lipinski definition) is 0. The third-order valence-electron chi connectivity index (χ3n) is 5.45. The number of carbonyl (C=O) groups is 1. The van der Waals surface area contributed by atoms with E-state index in [0.29, 0.717) is 6.04 Å². The molecule has 1 amide bonds. The zero-order valence-electron chi connectivity index (χ0n) is 15.6. The Morgan fingerprint density at radius 2 is 1.81 bits per heavy atom. The maximum absolute atomic E-state index is 12.8. The van der Waals surface area contributed by atoms with Crippen LogP contribution in [-0.4, -0.2) is 53.5 Å². The van der Waals surface area contributed by atoms with Gasteiger partial charge in [-0.2, -0.15) is 0 Å². The summed E-state index contributed by atoms with van der Waals surface area (Å²) in [6, 6.07) is 19.0. The number of hydrogen-bond acceptors (Lipinski definition) is 2. The SMILES string of the molecule is Cc1cc2ccccc2n1-c1ccc(C(=O)N2CCC(N(C)C)C2)cc1. The molecule has 4 rings (SSSR count). The summed E-state index contributed by atoms with van der Waals surface area (Å²) in [7, 11) is 4.16. The van der Waals surface area contributed by atoms with Gasteiger partial charge in [0.15, 0.2) is 0 Å². The predicted molar refractivity (Wildman–Crippen MR) is 106 cm³/mol. The lowest BCUT2D eigenvalue weighted by Crippen LogP contribution is -2.34. The largest absolute Gasteiger partial charge is 0.337 e. The molecule has 1 fully saturated rings. The topological polar surface area (TPSA) is 28.5 Å². The van der Waals surface area contributed by atoms with Crippen LogP contribution in [0.2, 0.25) is 0 Å². The molecular weight excluding hydrogens is 322 g/mol. The first-order valence-corrected chi connectivity index (χ1v) is 9.18. The fraction of sp³-hybridized carbons (Fsp3) is 0.318. The van der Waals surface area contributed by atoms with Crippen LogP contribution >= 0.6 is 0 Å². The van der Waals surface area contributed by atoms with E-state index in [1.165, 1.54) is 16.6 Å². The van der Waals surface area contributed by atoms with Crippen LogP contribution < -0.4 is 0 Å². The summed E-state index contributed by atoms with van der Waals surface area (Å²) in [5.41, 5.74) is 4.24. The highest BCUT2D eigenvalue weighted by Gasteiger charge is 2.28. The number of likely N-dealkylation sites (N-methyl/N-ethyl adjacent to an activating group) is 1. The van der Waals surface area contributed by atoms with Gasteiger partial charge in [0.05, 0.1) is 5.52 Å². The molecule has 4 heteroatoms. The number of fused-ring (bicyclic) bond motifs is 1. The first-order chi connectivity index (χ1) is 12.5. The van der Waals surface area contributed by atoms with Gasteiger partial charge in [0.2, 0.25) is 0 Å². The van der Waals surface area contributed by atoms with Crippen molar-refractivity contribution < 1.29 is 4.79 Å². The molecule has 2 heterocycles. The van der Waals surface area contributed by atoms with Crippen LogP contribution in [0, 0.1) is 6.92 Å². The number of nitrogens with zero attached hydrogens (tertiary/aromatic N) is 3. The van der Waals surface area contributed by atoms with E-state index in [4.69, 9.17) is 0 Å². The van der Waals surface area contributed by atoms with Crippen LogP contribution in [0.1, 0.15) is 22.5 Å². The second kappa shape index (κ2) is 6.61. The lowest BCUT2D eigenvalue weighted by atomic mass is 10.1. The Morgan fingerprint density at radius 1 is 1.08 bits per heavy atom. The van der Waals surface area contributed by atoms with Gasteiger partial charge in [-0.1, -0.05) is 18.2 Å². The van der Waals surface area contributed by atoms with Gasteiger partial charge in [-0.3, -0.25) is 4.79 Å². The fourth-order valence-corrected chi connectivity index (χ4v) is 3.92. The highest BCUT2D eigenvalue weighted by Crippen LogP contribution is 2.24. The first kappa shape index (κ1) is 16.9. The average Bonchev–Trinajstić information content (AvgIpc) is 3.25. The minimum atomic E-state index is 0.134. The number of amides is 1. The Morgan fingerprint density at radius 3 is 2.50 bits per heavy atom. The first-order valence-electron chi connectivity index (χ1n) is 9.18. The number of aromatic nitrogens is 1. The molecular formula is C22H25N3O. The Balaban J connectivity index is 1.59. The summed E-state index contributed by atoms with van der Waals surface area (Å²) in [6.07, 6.45) is 1.05. The van der Waals surface area contributed by atoms with Crippen LogP contribution in [0.5, 0.6) is 0 Å². The van der Waals surface area contributed by atoms with E-state index in [9.17, 15) is 4.79 Å². The summed E-state index contributed by atoms with van der Waals surface area (Å²) in [5, 5.41) is 1.23. The van der Waals surface area contributed by atoms with Crippen LogP contribution in [0.25, 0.3) is 16.6 Å². The molecule has 0 radical (unpaired) electrons. The molecule has 26 heavy (non-hydrogen) atoms. The van der Waals surface area contributed by atoms with Crippen LogP contribution in [0.3, 0.4) is 0 Å². The molecule has 4 nitrogen and oxygen atoms in total. The van der Waals surface area contributed by atoms with Crippen molar-refractivity contribution in [2.75, 3.05) is 27.2 Å². The van der Waals surface area contributed by atoms with Crippen molar-refractivity contribution in [2.45, 2.75) is 19.4 Å². The summed E-state index contributed by atoms with van der Waals surface area (Å²) < 4.78 is 2.24. The summed E-state index contributed by atoms with van der Waals surface area (Å²) in [4.78, 5) is 17.0. The second-order valence-electron chi connectivity index (χ2n) is 7.38. The molecule has 0 aliphatic carbocycles. The van der Waals surface area contributed by atoms with Gasteiger partial charge >= 0.3 is 0 Å². The number of para-hydroxylation sites is 1. The minimum Gasteiger partial charge on any atom is -0.337 e. The lowest BCUT2D eigenvalue weighted by molar-refractivity contribution is 0.0783. The molecule has 1 aliphatic rings. The van der Waals surface area contributed by atoms with Crippen LogP contribution in [-0.2, 0) is 0 Å². The zero-order chi connectivity index (χ0) is 18.3. The van der Waals surface area contributed by atoms with E-state index in [2.05, 4.69) is 60.8 Å². The normalized spacial score (nSPS) is 17.4. The molecule has 0 spiro atoms. The highest BCUT2D eigenvalue weighted by atomic mass is 16.2. The van der Waals surface area contributed by atoms with Crippen LogP contribution in [0.15, 0.2) is 54.6 Å². The molecule has 2 aromatic carbocycles. The van der Waals surface area contributed by atoms with Gasteiger partial charge in [-0.25, -0.2) is 0 Å². The van der Waals surface area contributed by atoms with Gasteiger partial charge in [0.25, 0.3) is 5.91 Å². The molecule has 1 unspecified atom stereocenters. The monoisotopic (exact) mass is 347 g/mol. The van der Waals surface area contributed by atoms with Gasteiger partial charge in [-0.15, -0.1) is 0 Å². The van der Waals surface area contributed by atoms with Crippen molar-refractivity contribution in [3.8, 4) is 5.69 Å². The smallest absolute Gasteiger partial charge is 0.253 e. The summed E-state index contributed by atoms with van der Waals surface area (Å²) in [5.74, 6) is 0.134. The van der Waals surface area contributed by atoms with E-state index in [0.717, 1.165) is 30.8 Å². The lowest BCUT2D eigenvalue weighted by Gasteiger charge is -2.20. The maximum atomic E-state index is 12.8. The third-order valence-corrected chi connectivity index (χ3v) is 5.45. The number of aryl methyl sites for hydroxylation is 1. The number of benzene rings is 2. The highest BCUT2D eigenvalue weighted by molar-refractivity contribution is 5.94. The van der Waals surface area contributed by atoms with Crippen LogP contribution in [0.4, 0.5) is 0 Å². The van der Waals surface area contributed by atoms with Crippen molar-refractivity contribution in [3.05, 3.63) is 65.9 Å². The molecule has 1 atom stereocenters. The molecule has 134 valence electrons. The number of carbonyl (C=O) groups excluding carboxylic acids is 1. The molecule has 1 aliphatic heterocycles. The molecule has 3 aromatic rings. The number of rotatable bonds is 3. The molecule has 1 aromatic heterocycles. The summed E-state index contributed by atoms with van der Waals surface area (Å²) >= 11 is 0. The molecule has 0 N–H and O–H groups in total. The Kier molecular flexibility index (Phi) is 4.29. The molecule has 0 saturated carbocycles. The Bertz CT molecular complexity index is 940. The van der Waals surface area contributed by atoms with Crippen molar-refractivity contribution in [1.29, 1.82) is 0 Å². The van der Waals surface area contributed by atoms with E-state index in [1.54, 1.807) is 0 Å². The van der Waals surface area contributed by atoms with Gasteiger partial charge in [0.1, 0.15) is 0 Å². The van der Waals surface area contributed by atoms with Crippen molar-refractivity contribution in [3.63, 3.8) is 0 Å². The molecule has 0 bridgehead atoms. The van der Waals surface area contributed by atoms with E-state index < -0.39 is 0 Å². The Hall–Kier alpha value is -2.59. The van der Waals surface area contributed by atoms with E-state index >= 15 is 0 Å². The zero-order valence-corrected chi connectivity index (χ0v) is 15.6. The van der Waals surface area contributed by atoms with Gasteiger partial charge in [0, 0.05) is 41.5 Å². The standard InChI is InChI=1S/C22H25N3O/c1-16-14-18-6-4-5-7-21(18)25(16)19-10-8-17(9-11-19)22(26)24-13-12-20(15-24)23(2)3/h4-11,14,20H,12-13,15H2,1-3H3. The van der Waals surface area contributed by atoms with Crippen molar-refractivity contribution in [1.82, 2.24) is 14.4 Å². The average molecular weight is 347 g/mol. The second-order valence-corrected chi connectivity index (χ2v) is 7.38. The third kappa shape index (κ3) is 2.90. The van der Waals surface area contributed by atoms with Crippen molar-refractivity contribution >= 4 is 16.8 Å². The van der Waals surface area contributed by atoms with Crippen molar-refractivity contribution in [2.24, 2.45) is 0 Å². The fourth-order valence-electron chi connectivity index (χ4n) is 3.92.